The van der Waals surface area contributed by atoms with Crippen molar-refractivity contribution in [1.82, 2.24) is 0 Å². The number of benzene rings is 5. The van der Waals surface area contributed by atoms with Crippen LogP contribution in [0.1, 0.15) is 110 Å². The van der Waals surface area contributed by atoms with Gasteiger partial charge < -0.3 is 20.1 Å². The highest BCUT2D eigenvalue weighted by molar-refractivity contribution is 7.91. The van der Waals surface area contributed by atoms with E-state index in [0.29, 0.717) is 18.7 Å². The van der Waals surface area contributed by atoms with E-state index in [0.717, 1.165) is 42.6 Å². The van der Waals surface area contributed by atoms with Crippen LogP contribution in [0.2, 0.25) is 5.02 Å². The van der Waals surface area contributed by atoms with Gasteiger partial charge in [-0.2, -0.15) is 0 Å². The maximum Gasteiger partial charge on any atom is 0.273 e. The van der Waals surface area contributed by atoms with Gasteiger partial charge in [-0.05, 0) is 120 Å². The van der Waals surface area contributed by atoms with E-state index in [9.17, 15) is 22.8 Å². The Kier molecular flexibility index (Phi) is 16.3. The smallest absolute Gasteiger partial charge is 0.273 e. The summed E-state index contributed by atoms with van der Waals surface area (Å²) in [5.41, 5.74) is 4.18. The summed E-state index contributed by atoms with van der Waals surface area (Å²) in [5.74, 6) is -0.605. The molecule has 0 saturated heterocycles. The Hall–Kier alpha value is -5.45. The Morgan fingerprint density at radius 1 is 0.688 bits per heavy atom. The van der Waals surface area contributed by atoms with E-state index in [1.807, 2.05) is 36.4 Å². The number of ketones is 1. The zero-order chi connectivity index (χ0) is 46.9. The van der Waals surface area contributed by atoms with Crippen molar-refractivity contribution in [2.24, 2.45) is 5.41 Å². The summed E-state index contributed by atoms with van der Waals surface area (Å²) in [5, 5.41) is 5.75. The van der Waals surface area contributed by atoms with Crippen LogP contribution in [0, 0.1) is 5.41 Å². The molecule has 0 aliphatic carbocycles. The van der Waals surface area contributed by atoms with Gasteiger partial charge >= 0.3 is 0 Å². The van der Waals surface area contributed by atoms with E-state index >= 15 is 0 Å². The van der Waals surface area contributed by atoms with Gasteiger partial charge in [0.2, 0.25) is 21.8 Å². The minimum absolute atomic E-state index is 0.0321. The molecule has 5 aromatic carbocycles. The highest BCUT2D eigenvalue weighted by Gasteiger charge is 2.37. The third kappa shape index (κ3) is 12.8. The van der Waals surface area contributed by atoms with Crippen molar-refractivity contribution in [3.63, 3.8) is 0 Å². The average Bonchev–Trinajstić information content (AvgIpc) is 3.27. The van der Waals surface area contributed by atoms with Crippen LogP contribution < -0.4 is 20.1 Å². The number of aryl methyl sites for hydroxylation is 2. The lowest BCUT2D eigenvalue weighted by molar-refractivity contribution is -0.140. The summed E-state index contributed by atoms with van der Waals surface area (Å²) in [6.07, 6.45) is 2.63. The van der Waals surface area contributed by atoms with Gasteiger partial charge in [-0.3, -0.25) is 14.4 Å². The molecule has 1 atom stereocenters. The number of carbonyl (C=O) groups is 3. The van der Waals surface area contributed by atoms with Crippen molar-refractivity contribution in [3.8, 4) is 11.5 Å². The summed E-state index contributed by atoms with van der Waals surface area (Å²) < 4.78 is 39.3. The van der Waals surface area contributed by atoms with Crippen LogP contribution in [-0.2, 0) is 47.9 Å². The summed E-state index contributed by atoms with van der Waals surface area (Å²) in [6.45, 7) is 18.7. The first-order valence-electron chi connectivity index (χ1n) is 22.0. The summed E-state index contributed by atoms with van der Waals surface area (Å²) in [7, 11) is -3.87. The Morgan fingerprint density at radius 3 is 1.88 bits per heavy atom. The molecule has 5 aromatic rings. The molecule has 0 aliphatic rings. The Morgan fingerprint density at radius 2 is 1.28 bits per heavy atom. The molecule has 2 N–H and O–H groups in total. The van der Waals surface area contributed by atoms with Crippen molar-refractivity contribution in [2.75, 3.05) is 17.2 Å². The molecular weight excluding hydrogens is 844 g/mol. The predicted octanol–water partition coefficient (Wildman–Crippen LogP) is 12.1. The molecule has 0 heterocycles. The number of hydrogen-bond acceptors (Lipinski definition) is 7. The molecule has 11 heteroatoms. The van der Waals surface area contributed by atoms with Crippen LogP contribution in [0.25, 0.3) is 0 Å². The monoisotopic (exact) mass is 906 g/mol. The lowest BCUT2D eigenvalue weighted by Crippen LogP contribution is -2.45. The molecule has 0 radical (unpaired) electrons. The molecule has 1 unspecified atom stereocenters. The molecule has 5 rings (SSSR count). The van der Waals surface area contributed by atoms with Gasteiger partial charge in [-0.25, -0.2) is 8.42 Å². The largest absolute Gasteiger partial charge is 0.493 e. The van der Waals surface area contributed by atoms with E-state index in [1.165, 1.54) is 47.5 Å². The molecule has 0 aromatic heterocycles. The van der Waals surface area contributed by atoms with Crippen molar-refractivity contribution in [2.45, 2.75) is 128 Å². The van der Waals surface area contributed by atoms with Crippen molar-refractivity contribution in [1.29, 1.82) is 0 Å². The standard InChI is InChI=1S/C53H63ClN2O7S/c1-10-52(6,7)38-23-32-46(43(34-38)53(8,9)11-2)62-33-15-18-47(57)55-39-24-31-44(54)45(35-39)56-50(59)48(49(58)51(3,4)5)63-40-25-29-42(30-26-40)64(60,61)41-27-21-37(22-28-41)20-19-36-16-13-12-14-17-36/h12-14,16-17,21-32,34-35,48H,10-11,15,18-20,33H2,1-9H3,(H,55,57)(H,56,59). The first-order valence-corrected chi connectivity index (χ1v) is 23.9. The molecule has 0 spiro atoms. The lowest BCUT2D eigenvalue weighted by Gasteiger charge is -2.30. The Balaban J connectivity index is 1.21. The highest BCUT2D eigenvalue weighted by Crippen LogP contribution is 2.39. The van der Waals surface area contributed by atoms with Crippen LogP contribution in [0.15, 0.2) is 125 Å². The average molecular weight is 908 g/mol. The zero-order valence-corrected chi connectivity index (χ0v) is 40.2. The van der Waals surface area contributed by atoms with E-state index in [-0.39, 0.29) is 49.4 Å². The number of halogens is 1. The SMILES string of the molecule is CCC(C)(C)c1ccc(OCCCC(=O)Nc2ccc(Cl)c(NC(=O)C(Oc3ccc(S(=O)(=O)c4ccc(CCc5ccccc5)cc4)cc3)C(=O)C(C)(C)C)c2)c(C(C)(C)CC)c1. The second-order valence-electron chi connectivity index (χ2n) is 18.6. The third-order valence-corrected chi connectivity index (χ3v) is 14.1. The number of carbonyl (C=O) groups excluding carboxylic acids is 3. The van der Waals surface area contributed by atoms with Crippen LogP contribution in [0.4, 0.5) is 11.4 Å². The highest BCUT2D eigenvalue weighted by atomic mass is 35.5. The Labute approximate surface area is 385 Å². The summed E-state index contributed by atoms with van der Waals surface area (Å²) in [4.78, 5) is 40.7. The summed E-state index contributed by atoms with van der Waals surface area (Å²) in [6, 6.07) is 33.6. The van der Waals surface area contributed by atoms with Gasteiger partial charge in [0.05, 0.1) is 27.1 Å². The van der Waals surface area contributed by atoms with E-state index in [2.05, 4.69) is 76.4 Å². The van der Waals surface area contributed by atoms with Gasteiger partial charge in [0, 0.05) is 23.1 Å². The molecule has 64 heavy (non-hydrogen) atoms. The molecule has 340 valence electrons. The first kappa shape index (κ1) is 49.6. The van der Waals surface area contributed by atoms with Gasteiger partial charge in [0.25, 0.3) is 5.91 Å². The number of Topliss-reactive ketones (excluding diaryl/α,β-unsaturated/α-hetero) is 1. The quantitative estimate of drug-likeness (QED) is 0.0588. The second-order valence-corrected chi connectivity index (χ2v) is 20.9. The van der Waals surface area contributed by atoms with E-state index < -0.39 is 33.0 Å². The van der Waals surface area contributed by atoms with Gasteiger partial charge in [0.15, 0.2) is 5.78 Å². The minimum Gasteiger partial charge on any atom is -0.493 e. The molecular formula is C53H63ClN2O7S. The normalized spacial score (nSPS) is 12.6. The number of nitrogens with one attached hydrogen (secondary N) is 2. The van der Waals surface area contributed by atoms with Crippen molar-refractivity contribution >= 4 is 50.4 Å². The van der Waals surface area contributed by atoms with Gasteiger partial charge in [-0.1, -0.05) is 129 Å². The topological polar surface area (TPSA) is 128 Å². The second kappa shape index (κ2) is 21.0. The minimum atomic E-state index is -3.87. The number of anilines is 2. The van der Waals surface area contributed by atoms with Gasteiger partial charge in [-0.15, -0.1) is 0 Å². The fraction of sp³-hybridized carbons (Fsp3) is 0.377. The summed E-state index contributed by atoms with van der Waals surface area (Å²) >= 11 is 6.50. The fourth-order valence-electron chi connectivity index (χ4n) is 6.89. The van der Waals surface area contributed by atoms with E-state index in [1.54, 1.807) is 39.0 Å². The van der Waals surface area contributed by atoms with Crippen molar-refractivity contribution in [3.05, 3.63) is 143 Å². The lowest BCUT2D eigenvalue weighted by atomic mass is 9.76. The van der Waals surface area contributed by atoms with Crippen molar-refractivity contribution < 1.29 is 32.3 Å². The number of ether oxygens (including phenoxy) is 2. The number of hydrogen-bond donors (Lipinski definition) is 2. The molecule has 9 nitrogen and oxygen atoms in total. The van der Waals surface area contributed by atoms with Gasteiger partial charge in [0.1, 0.15) is 11.5 Å². The molecule has 0 saturated carbocycles. The van der Waals surface area contributed by atoms with Crippen LogP contribution in [0.5, 0.6) is 11.5 Å². The van der Waals surface area contributed by atoms with Crippen LogP contribution in [0.3, 0.4) is 0 Å². The molecule has 0 fully saturated rings. The zero-order valence-electron chi connectivity index (χ0n) is 38.6. The maximum absolute atomic E-state index is 13.8. The fourth-order valence-corrected chi connectivity index (χ4v) is 8.32. The molecule has 0 aliphatic heterocycles. The molecule has 0 bridgehead atoms. The van der Waals surface area contributed by atoms with Crippen LogP contribution in [-0.4, -0.2) is 38.7 Å². The third-order valence-electron chi connectivity index (χ3n) is 12.0. The van der Waals surface area contributed by atoms with Crippen LogP contribution >= 0.6 is 11.6 Å². The van der Waals surface area contributed by atoms with E-state index in [4.69, 9.17) is 21.1 Å². The molecule has 2 amide bonds. The number of sulfone groups is 1. The number of rotatable bonds is 20. The Bertz CT molecular complexity index is 2510. The maximum atomic E-state index is 13.8. The first-order chi connectivity index (χ1) is 30.1. The number of amides is 2. The predicted molar refractivity (Wildman–Crippen MR) is 258 cm³/mol.